The summed E-state index contributed by atoms with van der Waals surface area (Å²) in [5.41, 5.74) is 1.73. The molecule has 0 saturated heterocycles. The van der Waals surface area contributed by atoms with Gasteiger partial charge in [0.15, 0.2) is 0 Å². The van der Waals surface area contributed by atoms with Gasteiger partial charge >= 0.3 is 5.56 Å². The SMILES string of the molecule is Cc1cc2[nH]ccc2cc1Nc1nc(=O)c(F)cn1Cc1cc(F)cc(F)c1. The first-order chi connectivity index (χ1) is 13.4. The lowest BCUT2D eigenvalue weighted by molar-refractivity contribution is 0.568. The molecule has 0 fully saturated rings. The molecule has 0 aliphatic heterocycles. The molecule has 142 valence electrons. The molecule has 2 heterocycles. The van der Waals surface area contributed by atoms with Crippen LogP contribution in [-0.2, 0) is 6.54 Å². The van der Waals surface area contributed by atoms with Crippen LogP contribution >= 0.6 is 0 Å². The Morgan fingerprint density at radius 3 is 2.61 bits per heavy atom. The summed E-state index contributed by atoms with van der Waals surface area (Å²) >= 11 is 0. The summed E-state index contributed by atoms with van der Waals surface area (Å²) in [5, 5.41) is 3.97. The molecule has 8 heteroatoms. The molecule has 0 aliphatic carbocycles. The van der Waals surface area contributed by atoms with Gasteiger partial charge in [0, 0.05) is 35.1 Å². The minimum Gasteiger partial charge on any atom is -0.361 e. The number of aromatic nitrogens is 3. The average Bonchev–Trinajstić information content (AvgIpc) is 3.05. The molecule has 0 aliphatic rings. The molecule has 0 spiro atoms. The van der Waals surface area contributed by atoms with Gasteiger partial charge in [-0.3, -0.25) is 4.79 Å². The molecule has 2 aromatic heterocycles. The quantitative estimate of drug-likeness (QED) is 0.553. The summed E-state index contributed by atoms with van der Waals surface area (Å²) in [4.78, 5) is 18.6. The van der Waals surface area contributed by atoms with Gasteiger partial charge in [-0.25, -0.2) is 8.78 Å². The lowest BCUT2D eigenvalue weighted by atomic mass is 10.1. The van der Waals surface area contributed by atoms with E-state index in [4.69, 9.17) is 0 Å². The van der Waals surface area contributed by atoms with Crippen molar-refractivity contribution in [1.29, 1.82) is 0 Å². The molecule has 0 amide bonds. The van der Waals surface area contributed by atoms with Gasteiger partial charge in [0.25, 0.3) is 0 Å². The maximum absolute atomic E-state index is 13.8. The molecule has 0 saturated carbocycles. The fraction of sp³-hybridized carbons (Fsp3) is 0.100. The standard InChI is InChI=1S/C20H15F3N4O/c1-11-4-18-13(2-3-24-18)7-17(11)25-20-26-19(28)16(23)10-27(20)9-12-5-14(21)8-15(22)6-12/h2-8,10,24H,9H2,1H3,(H,25,26,28). The van der Waals surface area contributed by atoms with E-state index in [2.05, 4.69) is 15.3 Å². The molecule has 0 bridgehead atoms. The summed E-state index contributed by atoms with van der Waals surface area (Å²) in [6.07, 6.45) is 2.77. The van der Waals surface area contributed by atoms with Crippen molar-refractivity contribution in [3.8, 4) is 0 Å². The first-order valence-corrected chi connectivity index (χ1v) is 8.46. The van der Waals surface area contributed by atoms with Crippen molar-refractivity contribution in [2.45, 2.75) is 13.5 Å². The second kappa shape index (κ2) is 6.88. The first-order valence-electron chi connectivity index (χ1n) is 8.46. The minimum atomic E-state index is -1.06. The molecule has 0 unspecified atom stereocenters. The van der Waals surface area contributed by atoms with E-state index in [0.717, 1.165) is 40.9 Å². The van der Waals surface area contributed by atoms with Crippen molar-refractivity contribution in [1.82, 2.24) is 14.5 Å². The molecule has 0 atom stereocenters. The smallest absolute Gasteiger partial charge is 0.310 e. The number of fused-ring (bicyclic) bond motifs is 1. The van der Waals surface area contributed by atoms with Crippen molar-refractivity contribution in [3.63, 3.8) is 0 Å². The minimum absolute atomic E-state index is 0.0639. The molecule has 2 aromatic carbocycles. The van der Waals surface area contributed by atoms with Crippen LogP contribution in [0.2, 0.25) is 0 Å². The highest BCUT2D eigenvalue weighted by molar-refractivity contribution is 5.85. The Bertz CT molecular complexity index is 1230. The number of aromatic amines is 1. The van der Waals surface area contributed by atoms with E-state index in [0.29, 0.717) is 5.69 Å². The van der Waals surface area contributed by atoms with Crippen molar-refractivity contribution in [3.05, 3.63) is 87.7 Å². The van der Waals surface area contributed by atoms with E-state index in [1.165, 1.54) is 4.57 Å². The number of halogens is 3. The average molecular weight is 384 g/mol. The van der Waals surface area contributed by atoms with Crippen molar-refractivity contribution in [2.24, 2.45) is 0 Å². The number of anilines is 2. The lowest BCUT2D eigenvalue weighted by Crippen LogP contribution is -2.20. The number of nitrogens with one attached hydrogen (secondary N) is 2. The lowest BCUT2D eigenvalue weighted by Gasteiger charge is -2.16. The third kappa shape index (κ3) is 3.48. The highest BCUT2D eigenvalue weighted by Crippen LogP contribution is 2.25. The van der Waals surface area contributed by atoms with Crippen LogP contribution in [0.5, 0.6) is 0 Å². The van der Waals surface area contributed by atoms with E-state index in [1.54, 1.807) is 6.20 Å². The van der Waals surface area contributed by atoms with Gasteiger partial charge in [-0.1, -0.05) is 0 Å². The van der Waals surface area contributed by atoms with E-state index in [-0.39, 0.29) is 18.1 Å². The van der Waals surface area contributed by atoms with Crippen LogP contribution in [0.25, 0.3) is 10.9 Å². The van der Waals surface area contributed by atoms with E-state index in [1.807, 2.05) is 25.1 Å². The van der Waals surface area contributed by atoms with Crippen LogP contribution in [0.4, 0.5) is 24.8 Å². The van der Waals surface area contributed by atoms with Gasteiger partial charge in [0.05, 0.1) is 6.54 Å². The molecular formula is C20H15F3N4O. The van der Waals surface area contributed by atoms with Crippen LogP contribution < -0.4 is 10.9 Å². The number of hydrogen-bond donors (Lipinski definition) is 2. The Kier molecular flexibility index (Phi) is 4.38. The Labute approximate surface area is 157 Å². The van der Waals surface area contributed by atoms with Crippen LogP contribution in [0.3, 0.4) is 0 Å². The molecule has 5 nitrogen and oxygen atoms in total. The van der Waals surface area contributed by atoms with Crippen LogP contribution in [0, 0.1) is 24.4 Å². The first kappa shape index (κ1) is 17.8. The van der Waals surface area contributed by atoms with E-state index in [9.17, 15) is 18.0 Å². The third-order valence-electron chi connectivity index (χ3n) is 4.37. The largest absolute Gasteiger partial charge is 0.361 e. The van der Waals surface area contributed by atoms with Gasteiger partial charge in [-0.15, -0.1) is 0 Å². The number of aryl methyl sites for hydroxylation is 1. The molecule has 0 radical (unpaired) electrons. The molecule has 28 heavy (non-hydrogen) atoms. The second-order valence-electron chi connectivity index (χ2n) is 6.48. The maximum atomic E-state index is 13.8. The zero-order valence-corrected chi connectivity index (χ0v) is 14.8. The van der Waals surface area contributed by atoms with E-state index >= 15 is 0 Å². The van der Waals surface area contributed by atoms with Crippen LogP contribution in [0.15, 0.2) is 53.6 Å². The van der Waals surface area contributed by atoms with E-state index < -0.39 is 23.0 Å². The Morgan fingerprint density at radius 2 is 1.86 bits per heavy atom. The Hall–Kier alpha value is -3.55. The van der Waals surface area contributed by atoms with Crippen molar-refractivity contribution >= 4 is 22.5 Å². The predicted molar refractivity (Wildman–Crippen MR) is 100 cm³/mol. The number of benzene rings is 2. The summed E-state index contributed by atoms with van der Waals surface area (Å²) in [6.45, 7) is 1.79. The zero-order chi connectivity index (χ0) is 19.8. The molecule has 4 aromatic rings. The fourth-order valence-electron chi connectivity index (χ4n) is 3.05. The highest BCUT2D eigenvalue weighted by Gasteiger charge is 2.12. The van der Waals surface area contributed by atoms with Gasteiger partial charge < -0.3 is 14.9 Å². The number of nitrogens with zero attached hydrogens (tertiary/aromatic N) is 2. The van der Waals surface area contributed by atoms with Crippen molar-refractivity contribution in [2.75, 3.05) is 5.32 Å². The van der Waals surface area contributed by atoms with Gasteiger partial charge in [-0.2, -0.15) is 9.37 Å². The highest BCUT2D eigenvalue weighted by atomic mass is 19.1. The number of rotatable bonds is 4. The molecular weight excluding hydrogens is 369 g/mol. The summed E-state index contributed by atoms with van der Waals surface area (Å²) in [6, 6.07) is 8.71. The van der Waals surface area contributed by atoms with Crippen LogP contribution in [0.1, 0.15) is 11.1 Å². The van der Waals surface area contributed by atoms with Gasteiger partial charge in [0.1, 0.15) is 11.6 Å². The summed E-state index contributed by atoms with van der Waals surface area (Å²) in [5.74, 6) is -2.48. The fourth-order valence-corrected chi connectivity index (χ4v) is 3.05. The topological polar surface area (TPSA) is 62.7 Å². The van der Waals surface area contributed by atoms with Crippen molar-refractivity contribution < 1.29 is 13.2 Å². The molecule has 4 rings (SSSR count). The van der Waals surface area contributed by atoms with Gasteiger partial charge in [-0.05, 0) is 48.4 Å². The Morgan fingerprint density at radius 1 is 1.11 bits per heavy atom. The Balaban J connectivity index is 1.76. The number of H-pyrrole nitrogens is 1. The zero-order valence-electron chi connectivity index (χ0n) is 14.8. The third-order valence-corrected chi connectivity index (χ3v) is 4.37. The second-order valence-corrected chi connectivity index (χ2v) is 6.48. The van der Waals surface area contributed by atoms with Crippen LogP contribution in [-0.4, -0.2) is 14.5 Å². The maximum Gasteiger partial charge on any atom is 0.310 e. The predicted octanol–water partition coefficient (Wildman–Crippen LogP) is 4.24. The normalized spacial score (nSPS) is 11.1. The molecule has 2 N–H and O–H groups in total. The summed E-state index contributed by atoms with van der Waals surface area (Å²) in [7, 11) is 0. The summed E-state index contributed by atoms with van der Waals surface area (Å²) < 4.78 is 42.1. The van der Waals surface area contributed by atoms with Gasteiger partial charge in [0.2, 0.25) is 11.8 Å². The monoisotopic (exact) mass is 384 g/mol. The number of hydrogen-bond acceptors (Lipinski definition) is 3.